The van der Waals surface area contributed by atoms with Crippen molar-refractivity contribution in [3.63, 3.8) is 0 Å². The van der Waals surface area contributed by atoms with Crippen molar-refractivity contribution in [3.05, 3.63) is 62.6 Å². The molecule has 3 rings (SSSR count). The summed E-state index contributed by atoms with van der Waals surface area (Å²) < 4.78 is 5.13. The fourth-order valence-corrected chi connectivity index (χ4v) is 2.98. The number of halogens is 3. The van der Waals surface area contributed by atoms with Crippen molar-refractivity contribution in [2.75, 3.05) is 6.54 Å². The molecule has 0 radical (unpaired) electrons. The maximum absolute atomic E-state index is 12.2. The van der Waals surface area contributed by atoms with Gasteiger partial charge >= 0.3 is 5.97 Å². The van der Waals surface area contributed by atoms with Crippen LogP contribution in [0.3, 0.4) is 0 Å². The number of carbonyl (C=O) groups excluding carboxylic acids is 3. The molecule has 5 nitrogen and oxygen atoms in total. The molecule has 1 heterocycles. The zero-order valence-electron chi connectivity index (χ0n) is 12.6. The summed E-state index contributed by atoms with van der Waals surface area (Å²) in [6.45, 7) is -0.0931. The van der Waals surface area contributed by atoms with Gasteiger partial charge in [0.1, 0.15) is 0 Å². The molecule has 0 aromatic heterocycles. The van der Waals surface area contributed by atoms with Gasteiger partial charge in [-0.25, -0.2) is 0 Å². The summed E-state index contributed by atoms with van der Waals surface area (Å²) in [6, 6.07) is 9.18. The molecule has 0 unspecified atom stereocenters. The second-order valence-corrected chi connectivity index (χ2v) is 6.45. The Hall–Kier alpha value is -2.08. The number of nitrogens with zero attached hydrogens (tertiary/aromatic N) is 1. The molecule has 0 N–H and O–H groups in total. The molecule has 0 bridgehead atoms. The summed E-state index contributed by atoms with van der Waals surface area (Å²) in [5.41, 5.74) is 0.654. The third kappa shape index (κ3) is 3.49. The molecule has 2 aromatic rings. The first-order chi connectivity index (χ1) is 11.9. The molecule has 2 amide bonds. The average molecular weight is 399 g/mol. The zero-order valence-corrected chi connectivity index (χ0v) is 14.9. The van der Waals surface area contributed by atoms with Crippen molar-refractivity contribution in [1.29, 1.82) is 0 Å². The molecular formula is C17H10Cl3NO4. The molecule has 0 spiro atoms. The fourth-order valence-electron chi connectivity index (χ4n) is 2.40. The Balaban J connectivity index is 1.65. The van der Waals surface area contributed by atoms with E-state index < -0.39 is 17.8 Å². The molecule has 0 saturated heterocycles. The number of fused-ring (bicyclic) bond motifs is 1. The van der Waals surface area contributed by atoms with Crippen LogP contribution >= 0.6 is 34.8 Å². The first-order valence-corrected chi connectivity index (χ1v) is 8.32. The summed E-state index contributed by atoms with van der Waals surface area (Å²) in [5, 5.41) is 0.551. The van der Waals surface area contributed by atoms with Crippen molar-refractivity contribution in [3.8, 4) is 5.75 Å². The fraction of sp³-hybridized carbons (Fsp3) is 0.118. The van der Waals surface area contributed by atoms with E-state index in [1.54, 1.807) is 24.3 Å². The Bertz CT molecular complexity index is 862. The van der Waals surface area contributed by atoms with Crippen LogP contribution in [0.15, 0.2) is 36.4 Å². The van der Waals surface area contributed by atoms with Crippen LogP contribution in [-0.2, 0) is 4.79 Å². The van der Waals surface area contributed by atoms with E-state index in [4.69, 9.17) is 39.5 Å². The molecule has 128 valence electrons. The van der Waals surface area contributed by atoms with Crippen LogP contribution in [0.4, 0.5) is 0 Å². The molecule has 0 atom stereocenters. The van der Waals surface area contributed by atoms with E-state index >= 15 is 0 Å². The Labute approximate surface area is 158 Å². The van der Waals surface area contributed by atoms with Gasteiger partial charge in [0.15, 0.2) is 5.75 Å². The molecule has 1 aliphatic heterocycles. The summed E-state index contributed by atoms with van der Waals surface area (Å²) in [7, 11) is 0. The van der Waals surface area contributed by atoms with Crippen LogP contribution in [0.2, 0.25) is 15.1 Å². The Morgan fingerprint density at radius 1 is 0.920 bits per heavy atom. The molecule has 2 aromatic carbocycles. The maximum Gasteiger partial charge on any atom is 0.313 e. The first-order valence-electron chi connectivity index (χ1n) is 7.19. The van der Waals surface area contributed by atoms with Gasteiger partial charge < -0.3 is 4.74 Å². The van der Waals surface area contributed by atoms with Crippen LogP contribution in [0.25, 0.3) is 0 Å². The highest BCUT2D eigenvalue weighted by molar-refractivity contribution is 6.43. The Kier molecular flexibility index (Phi) is 4.99. The first kappa shape index (κ1) is 17.7. The maximum atomic E-state index is 12.2. The number of hydrogen-bond acceptors (Lipinski definition) is 4. The van der Waals surface area contributed by atoms with Gasteiger partial charge in [0, 0.05) is 12.6 Å². The monoisotopic (exact) mass is 397 g/mol. The van der Waals surface area contributed by atoms with Crippen molar-refractivity contribution in [1.82, 2.24) is 4.90 Å². The molecule has 0 aliphatic carbocycles. The predicted octanol–water partition coefficient (Wildman–Crippen LogP) is 4.24. The third-order valence-corrected chi connectivity index (χ3v) is 4.63. The second-order valence-electron chi connectivity index (χ2n) is 5.23. The van der Waals surface area contributed by atoms with Gasteiger partial charge in [0.05, 0.1) is 32.6 Å². The SMILES string of the molecule is O=C(CCN1C(=O)c2ccccc2C1=O)Oc1cc(Cl)c(Cl)cc1Cl. The Morgan fingerprint density at radius 3 is 2.08 bits per heavy atom. The molecule has 1 aliphatic rings. The molecule has 0 saturated carbocycles. The molecule has 25 heavy (non-hydrogen) atoms. The standard InChI is InChI=1S/C17H10Cl3NO4/c18-11-7-13(20)14(8-12(11)19)25-15(22)5-6-21-16(23)9-3-1-2-4-10(9)17(21)24/h1-4,7-8H,5-6H2. The minimum absolute atomic E-state index is 0.0587. The summed E-state index contributed by atoms with van der Waals surface area (Å²) in [4.78, 5) is 37.4. The van der Waals surface area contributed by atoms with E-state index in [-0.39, 0.29) is 33.8 Å². The number of benzene rings is 2. The van der Waals surface area contributed by atoms with Crippen LogP contribution in [0.5, 0.6) is 5.75 Å². The quantitative estimate of drug-likeness (QED) is 0.334. The van der Waals surface area contributed by atoms with Gasteiger partial charge in [-0.05, 0) is 18.2 Å². The van der Waals surface area contributed by atoms with Gasteiger partial charge in [0.2, 0.25) is 0 Å². The van der Waals surface area contributed by atoms with Gasteiger partial charge in [-0.1, -0.05) is 46.9 Å². The highest BCUT2D eigenvalue weighted by Crippen LogP contribution is 2.34. The lowest BCUT2D eigenvalue weighted by Gasteiger charge is -2.13. The minimum Gasteiger partial charge on any atom is -0.425 e. The number of carbonyl (C=O) groups is 3. The number of ether oxygens (including phenoxy) is 1. The molecular weight excluding hydrogens is 389 g/mol. The van der Waals surface area contributed by atoms with E-state index in [1.165, 1.54) is 12.1 Å². The zero-order chi connectivity index (χ0) is 18.1. The minimum atomic E-state index is -0.656. The van der Waals surface area contributed by atoms with Crippen molar-refractivity contribution in [2.24, 2.45) is 0 Å². The van der Waals surface area contributed by atoms with Crippen LogP contribution in [0.1, 0.15) is 27.1 Å². The van der Waals surface area contributed by atoms with Crippen molar-refractivity contribution >= 4 is 52.6 Å². The van der Waals surface area contributed by atoms with E-state index in [9.17, 15) is 14.4 Å². The number of rotatable bonds is 4. The lowest BCUT2D eigenvalue weighted by molar-refractivity contribution is -0.134. The van der Waals surface area contributed by atoms with Crippen molar-refractivity contribution < 1.29 is 19.1 Å². The van der Waals surface area contributed by atoms with Crippen LogP contribution < -0.4 is 4.74 Å². The second kappa shape index (κ2) is 7.04. The van der Waals surface area contributed by atoms with Gasteiger partial charge in [-0.2, -0.15) is 0 Å². The van der Waals surface area contributed by atoms with E-state index in [1.807, 2.05) is 0 Å². The lowest BCUT2D eigenvalue weighted by Crippen LogP contribution is -2.32. The number of imide groups is 1. The summed E-state index contributed by atoms with van der Waals surface area (Å²) >= 11 is 17.6. The Morgan fingerprint density at radius 2 is 1.48 bits per heavy atom. The number of amides is 2. The van der Waals surface area contributed by atoms with Gasteiger partial charge in [0.25, 0.3) is 11.8 Å². The van der Waals surface area contributed by atoms with Gasteiger partial charge in [-0.3, -0.25) is 19.3 Å². The van der Waals surface area contributed by atoms with Crippen LogP contribution in [0, 0.1) is 0 Å². The lowest BCUT2D eigenvalue weighted by atomic mass is 10.1. The smallest absolute Gasteiger partial charge is 0.313 e. The topological polar surface area (TPSA) is 63.7 Å². The predicted molar refractivity (Wildman–Crippen MR) is 93.5 cm³/mol. The molecule has 8 heteroatoms. The highest BCUT2D eigenvalue weighted by atomic mass is 35.5. The van der Waals surface area contributed by atoms with Gasteiger partial charge in [-0.15, -0.1) is 0 Å². The largest absolute Gasteiger partial charge is 0.425 e. The van der Waals surface area contributed by atoms with E-state index in [0.717, 1.165) is 4.90 Å². The van der Waals surface area contributed by atoms with E-state index in [0.29, 0.717) is 11.1 Å². The van der Waals surface area contributed by atoms with Crippen LogP contribution in [-0.4, -0.2) is 29.2 Å². The van der Waals surface area contributed by atoms with E-state index in [2.05, 4.69) is 0 Å². The normalized spacial score (nSPS) is 13.2. The molecule has 0 fully saturated rings. The average Bonchev–Trinajstić information content (AvgIpc) is 2.82. The number of esters is 1. The summed E-state index contributed by atoms with van der Waals surface area (Å²) in [5.74, 6) is -1.46. The van der Waals surface area contributed by atoms with Crippen molar-refractivity contribution in [2.45, 2.75) is 6.42 Å². The highest BCUT2D eigenvalue weighted by Gasteiger charge is 2.35. The third-order valence-electron chi connectivity index (χ3n) is 3.62. The summed E-state index contributed by atoms with van der Waals surface area (Å²) in [6.07, 6.45) is -0.179. The number of hydrogen-bond donors (Lipinski definition) is 0.